The molecule has 0 unspecified atom stereocenters. The molecule has 1 amide bonds. The van der Waals surface area contributed by atoms with Gasteiger partial charge in [-0.05, 0) is 42.1 Å². The Morgan fingerprint density at radius 1 is 1.07 bits per heavy atom. The molecule has 30 heavy (non-hydrogen) atoms. The number of nitrogens with zero attached hydrogens (tertiary/aromatic N) is 1. The third-order valence-corrected chi connectivity index (χ3v) is 4.67. The summed E-state index contributed by atoms with van der Waals surface area (Å²) in [5, 5.41) is 15.6. The number of hydrogen-bond acceptors (Lipinski definition) is 5. The van der Waals surface area contributed by atoms with Crippen molar-refractivity contribution in [1.29, 1.82) is 0 Å². The van der Waals surface area contributed by atoms with E-state index in [9.17, 15) is 14.9 Å². The molecule has 3 aromatic carbocycles. The number of rotatable bonds is 6. The van der Waals surface area contributed by atoms with Crippen molar-refractivity contribution in [2.45, 2.75) is 13.5 Å². The van der Waals surface area contributed by atoms with Gasteiger partial charge in [0.2, 0.25) is 0 Å². The number of nitro groups is 1. The molecule has 0 aliphatic carbocycles. The van der Waals surface area contributed by atoms with Gasteiger partial charge in [-0.2, -0.15) is 0 Å². The average Bonchev–Trinajstić information content (AvgIpc) is 3.22. The molecule has 0 atom stereocenters. The molecule has 0 aliphatic heterocycles. The van der Waals surface area contributed by atoms with E-state index in [1.54, 1.807) is 19.1 Å². The Hall–Kier alpha value is -4.13. The van der Waals surface area contributed by atoms with Crippen molar-refractivity contribution in [2.24, 2.45) is 0 Å². The van der Waals surface area contributed by atoms with Crippen LogP contribution in [0, 0.1) is 17.0 Å². The monoisotopic (exact) mass is 402 g/mol. The third-order valence-electron chi connectivity index (χ3n) is 4.67. The van der Waals surface area contributed by atoms with Crippen molar-refractivity contribution in [3.8, 4) is 5.75 Å². The summed E-state index contributed by atoms with van der Waals surface area (Å²) < 4.78 is 11.5. The minimum absolute atomic E-state index is 0.0311. The minimum atomic E-state index is -0.479. The first-order valence-corrected chi connectivity index (χ1v) is 9.27. The number of aryl methyl sites for hydroxylation is 1. The highest BCUT2D eigenvalue weighted by Gasteiger charge is 2.15. The zero-order valence-corrected chi connectivity index (χ0v) is 16.1. The van der Waals surface area contributed by atoms with Crippen molar-refractivity contribution >= 4 is 28.1 Å². The molecule has 0 fully saturated rings. The molecule has 7 nitrogen and oxygen atoms in total. The van der Waals surface area contributed by atoms with E-state index in [2.05, 4.69) is 5.32 Å². The number of benzene rings is 3. The number of carbonyl (C=O) groups excluding carboxylic acids is 1. The van der Waals surface area contributed by atoms with Crippen molar-refractivity contribution in [3.63, 3.8) is 0 Å². The lowest BCUT2D eigenvalue weighted by atomic mass is 10.1. The first-order chi connectivity index (χ1) is 14.5. The van der Waals surface area contributed by atoms with Crippen LogP contribution in [0.5, 0.6) is 5.75 Å². The normalized spacial score (nSPS) is 10.7. The fourth-order valence-electron chi connectivity index (χ4n) is 3.13. The van der Waals surface area contributed by atoms with Crippen molar-refractivity contribution in [2.75, 3.05) is 5.32 Å². The van der Waals surface area contributed by atoms with Crippen LogP contribution < -0.4 is 10.1 Å². The van der Waals surface area contributed by atoms with Gasteiger partial charge in [0.25, 0.3) is 11.6 Å². The quantitative estimate of drug-likeness (QED) is 0.340. The number of amides is 1. The maximum Gasteiger partial charge on any atom is 0.291 e. The second-order valence-electron chi connectivity index (χ2n) is 6.74. The van der Waals surface area contributed by atoms with Gasteiger partial charge in [-0.15, -0.1) is 0 Å². The van der Waals surface area contributed by atoms with E-state index in [0.29, 0.717) is 17.0 Å². The minimum Gasteiger partial charge on any atom is -0.485 e. The zero-order chi connectivity index (χ0) is 21.1. The van der Waals surface area contributed by atoms with Gasteiger partial charge in [0.05, 0.1) is 4.92 Å². The molecule has 1 N–H and O–H groups in total. The van der Waals surface area contributed by atoms with E-state index < -0.39 is 10.8 Å². The molecule has 0 radical (unpaired) electrons. The summed E-state index contributed by atoms with van der Waals surface area (Å²) in [6, 6.07) is 21.2. The van der Waals surface area contributed by atoms with Gasteiger partial charge in [-0.1, -0.05) is 36.4 Å². The molecular weight excluding hydrogens is 384 g/mol. The number of non-ortho nitro benzene ring substituents is 1. The number of nitro benzene ring substituents is 1. The van der Waals surface area contributed by atoms with Crippen LogP contribution >= 0.6 is 0 Å². The van der Waals surface area contributed by atoms with E-state index in [-0.39, 0.29) is 18.1 Å². The van der Waals surface area contributed by atoms with Gasteiger partial charge in [-0.25, -0.2) is 0 Å². The molecular formula is C23H18N2O5. The number of fused-ring (bicyclic) bond motifs is 1. The average molecular weight is 402 g/mol. The molecule has 0 saturated heterocycles. The molecule has 150 valence electrons. The fraction of sp³-hybridized carbons (Fsp3) is 0.0870. The fourth-order valence-corrected chi connectivity index (χ4v) is 3.13. The SMILES string of the molecule is Cc1cc([N+](=O)[O-])ccc1NC(=O)c1ccc(COc2cccc3ccccc23)o1. The summed E-state index contributed by atoms with van der Waals surface area (Å²) in [7, 11) is 0. The van der Waals surface area contributed by atoms with Crippen LogP contribution in [0.4, 0.5) is 11.4 Å². The second-order valence-corrected chi connectivity index (χ2v) is 6.74. The maximum atomic E-state index is 12.5. The van der Waals surface area contributed by atoms with E-state index in [0.717, 1.165) is 16.5 Å². The first kappa shape index (κ1) is 19.2. The topological polar surface area (TPSA) is 94.6 Å². The van der Waals surface area contributed by atoms with Crippen LogP contribution in [0.15, 0.2) is 77.2 Å². The maximum absolute atomic E-state index is 12.5. The number of hydrogen-bond donors (Lipinski definition) is 1. The van der Waals surface area contributed by atoms with E-state index in [1.165, 1.54) is 18.2 Å². The van der Waals surface area contributed by atoms with Gasteiger partial charge >= 0.3 is 0 Å². The molecule has 0 bridgehead atoms. The molecule has 4 rings (SSSR count). The van der Waals surface area contributed by atoms with Crippen LogP contribution in [0.25, 0.3) is 10.8 Å². The smallest absolute Gasteiger partial charge is 0.291 e. The Morgan fingerprint density at radius 3 is 2.67 bits per heavy atom. The second kappa shape index (κ2) is 8.08. The van der Waals surface area contributed by atoms with Crippen LogP contribution in [-0.4, -0.2) is 10.8 Å². The van der Waals surface area contributed by atoms with Crippen molar-refractivity contribution in [3.05, 3.63) is 100.0 Å². The van der Waals surface area contributed by atoms with E-state index >= 15 is 0 Å². The van der Waals surface area contributed by atoms with Crippen LogP contribution in [0.2, 0.25) is 0 Å². The molecule has 1 heterocycles. The first-order valence-electron chi connectivity index (χ1n) is 9.27. The zero-order valence-electron chi connectivity index (χ0n) is 16.1. The predicted octanol–water partition coefficient (Wildman–Crippen LogP) is 5.48. The van der Waals surface area contributed by atoms with Crippen LogP contribution in [-0.2, 0) is 6.61 Å². The Labute approximate surface area is 172 Å². The predicted molar refractivity (Wildman–Crippen MR) is 113 cm³/mol. The highest BCUT2D eigenvalue weighted by molar-refractivity contribution is 6.02. The highest BCUT2D eigenvalue weighted by atomic mass is 16.6. The number of carbonyl (C=O) groups is 1. The number of nitrogens with one attached hydrogen (secondary N) is 1. The molecule has 1 aromatic heterocycles. The number of ether oxygens (including phenoxy) is 1. The summed E-state index contributed by atoms with van der Waals surface area (Å²) >= 11 is 0. The number of anilines is 1. The van der Waals surface area contributed by atoms with E-state index in [1.807, 2.05) is 42.5 Å². The van der Waals surface area contributed by atoms with Crippen LogP contribution in [0.1, 0.15) is 21.9 Å². The van der Waals surface area contributed by atoms with Crippen molar-refractivity contribution in [1.82, 2.24) is 0 Å². The largest absolute Gasteiger partial charge is 0.485 e. The van der Waals surface area contributed by atoms with Gasteiger partial charge < -0.3 is 14.5 Å². The molecule has 4 aromatic rings. The third kappa shape index (κ3) is 4.00. The Morgan fingerprint density at radius 2 is 1.87 bits per heavy atom. The van der Waals surface area contributed by atoms with Crippen molar-refractivity contribution < 1.29 is 18.9 Å². The number of furan rings is 1. The Bertz CT molecular complexity index is 1240. The van der Waals surface area contributed by atoms with Crippen LogP contribution in [0.3, 0.4) is 0 Å². The Balaban J connectivity index is 1.43. The van der Waals surface area contributed by atoms with E-state index in [4.69, 9.17) is 9.15 Å². The molecule has 0 saturated carbocycles. The lowest BCUT2D eigenvalue weighted by Gasteiger charge is -2.08. The highest BCUT2D eigenvalue weighted by Crippen LogP contribution is 2.26. The molecule has 7 heteroatoms. The van der Waals surface area contributed by atoms with Gasteiger partial charge in [0, 0.05) is 23.2 Å². The standard InChI is InChI=1S/C23H18N2O5/c1-15-13-17(25(27)28)9-11-20(15)24-23(26)22-12-10-18(30-22)14-29-21-8-4-6-16-5-2-3-7-19(16)21/h2-13H,14H2,1H3,(H,24,26). The van der Waals surface area contributed by atoms with Gasteiger partial charge in [-0.3, -0.25) is 14.9 Å². The summed E-state index contributed by atoms with van der Waals surface area (Å²) in [6.45, 7) is 1.87. The summed E-state index contributed by atoms with van der Waals surface area (Å²) in [6.07, 6.45) is 0. The molecule has 0 aliphatic rings. The molecule has 0 spiro atoms. The van der Waals surface area contributed by atoms with Gasteiger partial charge in [0.15, 0.2) is 5.76 Å². The van der Waals surface area contributed by atoms with Gasteiger partial charge in [0.1, 0.15) is 18.1 Å². The lowest BCUT2D eigenvalue weighted by Crippen LogP contribution is -2.12. The summed E-state index contributed by atoms with van der Waals surface area (Å²) in [5.41, 5.74) is 1.04. The Kier molecular flexibility index (Phi) is 5.17. The lowest BCUT2D eigenvalue weighted by molar-refractivity contribution is -0.384. The summed E-state index contributed by atoms with van der Waals surface area (Å²) in [5.74, 6) is 0.929. The summed E-state index contributed by atoms with van der Waals surface area (Å²) in [4.78, 5) is 22.8.